The van der Waals surface area contributed by atoms with Crippen LogP contribution in [0.25, 0.3) is 0 Å². The zero-order valence-corrected chi connectivity index (χ0v) is 11.1. The molecule has 1 aliphatic rings. The number of nitrogens with one attached hydrogen (secondary N) is 1. The van der Waals surface area contributed by atoms with Gasteiger partial charge < -0.3 is 15.0 Å². The molecule has 1 fully saturated rings. The molecule has 0 aliphatic carbocycles. The smallest absolute Gasteiger partial charge is 0.236 e. The van der Waals surface area contributed by atoms with E-state index in [0.717, 1.165) is 0 Å². The highest BCUT2D eigenvalue weighted by Crippen LogP contribution is 2.15. The van der Waals surface area contributed by atoms with Crippen molar-refractivity contribution in [2.75, 3.05) is 32.8 Å². The van der Waals surface area contributed by atoms with Crippen LogP contribution in [-0.2, 0) is 9.53 Å². The Bertz CT molecular complexity index is 433. The molecule has 0 bridgehead atoms. The summed E-state index contributed by atoms with van der Waals surface area (Å²) in [6.45, 7) is 4.52. The van der Waals surface area contributed by atoms with Crippen molar-refractivity contribution >= 4 is 5.91 Å². The van der Waals surface area contributed by atoms with E-state index in [0.29, 0.717) is 31.9 Å². The van der Waals surface area contributed by atoms with Crippen molar-refractivity contribution in [3.05, 3.63) is 35.6 Å². The second-order valence-corrected chi connectivity index (χ2v) is 4.62. The summed E-state index contributed by atoms with van der Waals surface area (Å²) in [5.74, 6) is -0.215. The fourth-order valence-electron chi connectivity index (χ4n) is 2.10. The van der Waals surface area contributed by atoms with Crippen molar-refractivity contribution < 1.29 is 13.9 Å². The second-order valence-electron chi connectivity index (χ2n) is 4.62. The van der Waals surface area contributed by atoms with Gasteiger partial charge in [0.15, 0.2) is 0 Å². The molecule has 0 spiro atoms. The van der Waals surface area contributed by atoms with E-state index >= 15 is 0 Å². The van der Waals surface area contributed by atoms with Crippen molar-refractivity contribution in [3.8, 4) is 0 Å². The molecule has 1 N–H and O–H groups in total. The van der Waals surface area contributed by atoms with Gasteiger partial charge in [-0.1, -0.05) is 18.2 Å². The number of halogens is 1. The van der Waals surface area contributed by atoms with Gasteiger partial charge in [0.05, 0.1) is 19.8 Å². The van der Waals surface area contributed by atoms with Crippen molar-refractivity contribution in [3.63, 3.8) is 0 Å². The molecule has 1 amide bonds. The first-order valence-corrected chi connectivity index (χ1v) is 6.52. The predicted octanol–water partition coefficient (Wildman–Crippen LogP) is 1.34. The molecule has 104 valence electrons. The lowest BCUT2D eigenvalue weighted by atomic mass is 10.1. The van der Waals surface area contributed by atoms with Gasteiger partial charge in [-0.25, -0.2) is 4.39 Å². The standard InChI is InChI=1S/C14H19FN2O2/c1-11(12-4-2-3-5-13(12)15)16-10-14(18)17-6-8-19-9-7-17/h2-5,11,16H,6-10H2,1H3. The summed E-state index contributed by atoms with van der Waals surface area (Å²) in [7, 11) is 0. The fourth-order valence-corrected chi connectivity index (χ4v) is 2.10. The minimum atomic E-state index is -0.249. The average Bonchev–Trinajstić information content (AvgIpc) is 2.46. The summed E-state index contributed by atoms with van der Waals surface area (Å²) in [5, 5.41) is 3.06. The Balaban J connectivity index is 1.84. The summed E-state index contributed by atoms with van der Waals surface area (Å²) in [4.78, 5) is 13.7. The number of rotatable bonds is 4. The summed E-state index contributed by atoms with van der Waals surface area (Å²) in [5.41, 5.74) is 0.581. The summed E-state index contributed by atoms with van der Waals surface area (Å²) >= 11 is 0. The van der Waals surface area contributed by atoms with Crippen LogP contribution in [0.2, 0.25) is 0 Å². The van der Waals surface area contributed by atoms with Crippen LogP contribution in [0.4, 0.5) is 4.39 Å². The van der Waals surface area contributed by atoms with Gasteiger partial charge in [0.1, 0.15) is 5.82 Å². The summed E-state index contributed by atoms with van der Waals surface area (Å²) in [6.07, 6.45) is 0. The first-order valence-electron chi connectivity index (χ1n) is 6.52. The Morgan fingerprint density at radius 2 is 2.11 bits per heavy atom. The minimum Gasteiger partial charge on any atom is -0.378 e. The monoisotopic (exact) mass is 266 g/mol. The second kappa shape index (κ2) is 6.63. The molecular weight excluding hydrogens is 247 g/mol. The maximum Gasteiger partial charge on any atom is 0.236 e. The quantitative estimate of drug-likeness (QED) is 0.894. The molecule has 4 nitrogen and oxygen atoms in total. The molecule has 0 aromatic heterocycles. The van der Waals surface area contributed by atoms with Gasteiger partial charge >= 0.3 is 0 Å². The normalized spacial score (nSPS) is 17.3. The van der Waals surface area contributed by atoms with Crippen LogP contribution in [0.15, 0.2) is 24.3 Å². The zero-order valence-electron chi connectivity index (χ0n) is 11.1. The van der Waals surface area contributed by atoms with Crippen LogP contribution in [-0.4, -0.2) is 43.7 Å². The molecule has 19 heavy (non-hydrogen) atoms. The van der Waals surface area contributed by atoms with E-state index in [-0.39, 0.29) is 24.3 Å². The molecule has 1 unspecified atom stereocenters. The van der Waals surface area contributed by atoms with Gasteiger partial charge in [0.2, 0.25) is 5.91 Å². The van der Waals surface area contributed by atoms with E-state index in [1.165, 1.54) is 6.07 Å². The Morgan fingerprint density at radius 1 is 1.42 bits per heavy atom. The number of benzene rings is 1. The number of morpholine rings is 1. The molecule has 1 aromatic rings. The third-order valence-corrected chi connectivity index (χ3v) is 3.29. The van der Waals surface area contributed by atoms with Crippen molar-refractivity contribution in [1.82, 2.24) is 10.2 Å². The van der Waals surface area contributed by atoms with Crippen LogP contribution in [0.5, 0.6) is 0 Å². The Hall–Kier alpha value is -1.46. The lowest BCUT2D eigenvalue weighted by Gasteiger charge is -2.27. The molecule has 1 atom stereocenters. The van der Waals surface area contributed by atoms with E-state index < -0.39 is 0 Å². The highest BCUT2D eigenvalue weighted by molar-refractivity contribution is 5.78. The number of hydrogen-bond acceptors (Lipinski definition) is 3. The number of hydrogen-bond donors (Lipinski definition) is 1. The molecule has 1 aliphatic heterocycles. The molecule has 1 saturated heterocycles. The van der Waals surface area contributed by atoms with Crippen LogP contribution in [0, 0.1) is 5.82 Å². The number of ether oxygens (including phenoxy) is 1. The largest absolute Gasteiger partial charge is 0.378 e. The number of carbonyl (C=O) groups excluding carboxylic acids is 1. The first kappa shape index (κ1) is 14.0. The first-order chi connectivity index (χ1) is 9.18. The average molecular weight is 266 g/mol. The van der Waals surface area contributed by atoms with Gasteiger partial charge in [-0.2, -0.15) is 0 Å². The molecule has 5 heteroatoms. The molecule has 1 aromatic carbocycles. The summed E-state index contributed by atoms with van der Waals surface area (Å²) in [6, 6.07) is 6.42. The lowest BCUT2D eigenvalue weighted by Crippen LogP contribution is -2.45. The maximum absolute atomic E-state index is 13.6. The van der Waals surface area contributed by atoms with Gasteiger partial charge in [0, 0.05) is 24.7 Å². The molecule has 0 saturated carbocycles. The van der Waals surface area contributed by atoms with Gasteiger partial charge in [-0.15, -0.1) is 0 Å². The third kappa shape index (κ3) is 3.75. The minimum absolute atomic E-state index is 0.0338. The van der Waals surface area contributed by atoms with Gasteiger partial charge in [-0.05, 0) is 13.0 Å². The number of nitrogens with zero attached hydrogens (tertiary/aromatic N) is 1. The van der Waals surface area contributed by atoms with E-state index in [9.17, 15) is 9.18 Å². The molecule has 0 radical (unpaired) electrons. The van der Waals surface area contributed by atoms with Crippen molar-refractivity contribution in [1.29, 1.82) is 0 Å². The fraction of sp³-hybridized carbons (Fsp3) is 0.500. The lowest BCUT2D eigenvalue weighted by molar-refractivity contribution is -0.134. The molecule has 2 rings (SSSR count). The highest BCUT2D eigenvalue weighted by atomic mass is 19.1. The van der Waals surface area contributed by atoms with Gasteiger partial charge in [0.25, 0.3) is 0 Å². The van der Waals surface area contributed by atoms with E-state index in [1.54, 1.807) is 23.1 Å². The highest BCUT2D eigenvalue weighted by Gasteiger charge is 2.18. The maximum atomic E-state index is 13.6. The topological polar surface area (TPSA) is 41.6 Å². The Morgan fingerprint density at radius 3 is 2.79 bits per heavy atom. The molecular formula is C14H19FN2O2. The number of amides is 1. The SMILES string of the molecule is CC(NCC(=O)N1CCOCC1)c1ccccc1F. The van der Waals surface area contributed by atoms with E-state index in [2.05, 4.69) is 5.32 Å². The van der Waals surface area contributed by atoms with Gasteiger partial charge in [-0.3, -0.25) is 4.79 Å². The van der Waals surface area contributed by atoms with Crippen LogP contribution < -0.4 is 5.32 Å². The van der Waals surface area contributed by atoms with Crippen LogP contribution >= 0.6 is 0 Å². The Labute approximate surface area is 112 Å². The number of carbonyl (C=O) groups is 1. The van der Waals surface area contributed by atoms with Crippen LogP contribution in [0.3, 0.4) is 0 Å². The van der Waals surface area contributed by atoms with Crippen molar-refractivity contribution in [2.45, 2.75) is 13.0 Å². The van der Waals surface area contributed by atoms with Crippen molar-refractivity contribution in [2.24, 2.45) is 0 Å². The third-order valence-electron chi connectivity index (χ3n) is 3.29. The Kier molecular flexibility index (Phi) is 4.87. The zero-order chi connectivity index (χ0) is 13.7. The van der Waals surface area contributed by atoms with E-state index in [4.69, 9.17) is 4.74 Å². The molecule has 1 heterocycles. The van der Waals surface area contributed by atoms with E-state index in [1.807, 2.05) is 6.92 Å². The van der Waals surface area contributed by atoms with Crippen LogP contribution in [0.1, 0.15) is 18.5 Å². The predicted molar refractivity (Wildman–Crippen MR) is 70.2 cm³/mol. The summed E-state index contributed by atoms with van der Waals surface area (Å²) < 4.78 is 18.8.